The zero-order valence-electron chi connectivity index (χ0n) is 22.9. The van der Waals surface area contributed by atoms with E-state index in [0.717, 1.165) is 10.1 Å². The van der Waals surface area contributed by atoms with Crippen molar-refractivity contribution >= 4 is 17.6 Å². The number of hydrogen-bond acceptors (Lipinski definition) is 9. The first-order chi connectivity index (χ1) is 20.1. The van der Waals surface area contributed by atoms with E-state index in [9.17, 15) is 18.0 Å². The second kappa shape index (κ2) is 12.1. The third-order valence-corrected chi connectivity index (χ3v) is 7.06. The van der Waals surface area contributed by atoms with Gasteiger partial charge in [-0.05, 0) is 55.7 Å². The standard InChI is InChI=1S/C28H27ClF3N5O5/c1-4-40-24(38)10-6-9-23-33-22(36-42-23)14-21-26-34-35-27(28(30,31)32)37(26)19-12-11-16(29)13-18(19)25(41-21)17-7-5-8-20(39-3)15(17)2/h5,7-8,11-13,21,25H,4,6,9-10,14H2,1-3H3/t21-,25-/m1/s1. The number of hydrogen-bond donors (Lipinski definition) is 0. The van der Waals surface area contributed by atoms with E-state index >= 15 is 0 Å². The second-order valence-electron chi connectivity index (χ2n) is 9.56. The van der Waals surface area contributed by atoms with Gasteiger partial charge < -0.3 is 18.7 Å². The van der Waals surface area contributed by atoms with Crippen molar-refractivity contribution in [2.24, 2.45) is 0 Å². The van der Waals surface area contributed by atoms with E-state index in [4.69, 9.17) is 30.3 Å². The molecule has 0 bridgehead atoms. The molecule has 0 saturated carbocycles. The molecule has 3 heterocycles. The second-order valence-corrected chi connectivity index (χ2v) is 10.0. The fourth-order valence-corrected chi connectivity index (χ4v) is 5.12. The fourth-order valence-electron chi connectivity index (χ4n) is 4.94. The maximum Gasteiger partial charge on any atom is 0.452 e. The lowest BCUT2D eigenvalue weighted by Gasteiger charge is -2.24. The summed E-state index contributed by atoms with van der Waals surface area (Å²) in [5.41, 5.74) is 1.98. The van der Waals surface area contributed by atoms with Crippen LogP contribution in [0.5, 0.6) is 5.75 Å². The van der Waals surface area contributed by atoms with E-state index in [-0.39, 0.29) is 48.6 Å². The van der Waals surface area contributed by atoms with Crippen molar-refractivity contribution in [3.63, 3.8) is 0 Å². The van der Waals surface area contributed by atoms with Gasteiger partial charge in [-0.1, -0.05) is 28.9 Å². The number of halogens is 4. The van der Waals surface area contributed by atoms with Crippen molar-refractivity contribution in [3.05, 3.63) is 81.5 Å². The number of rotatable bonds is 9. The first kappa shape index (κ1) is 29.5. The molecule has 4 aromatic rings. The molecule has 222 valence electrons. The van der Waals surface area contributed by atoms with Crippen LogP contribution in [0.2, 0.25) is 5.02 Å². The molecule has 0 spiro atoms. The number of benzene rings is 2. The minimum absolute atomic E-state index is 0.0708. The van der Waals surface area contributed by atoms with Crippen LogP contribution in [-0.4, -0.2) is 44.6 Å². The van der Waals surface area contributed by atoms with Gasteiger partial charge in [-0.2, -0.15) is 18.2 Å². The van der Waals surface area contributed by atoms with Crippen LogP contribution < -0.4 is 4.74 Å². The molecule has 0 aliphatic carbocycles. The summed E-state index contributed by atoms with van der Waals surface area (Å²) in [5.74, 6) is -0.563. The molecule has 2 aromatic carbocycles. The summed E-state index contributed by atoms with van der Waals surface area (Å²) in [7, 11) is 1.53. The molecule has 0 radical (unpaired) electrons. The van der Waals surface area contributed by atoms with Crippen LogP contribution in [-0.2, 0) is 33.3 Å². The molecule has 0 N–H and O–H groups in total. The molecule has 10 nitrogen and oxygen atoms in total. The van der Waals surface area contributed by atoms with Gasteiger partial charge in [0.1, 0.15) is 18.0 Å². The quantitative estimate of drug-likeness (QED) is 0.214. The molecule has 5 rings (SSSR count). The lowest BCUT2D eigenvalue weighted by molar-refractivity contribution is -0.146. The van der Waals surface area contributed by atoms with E-state index in [2.05, 4.69) is 20.3 Å². The Kier molecular flexibility index (Phi) is 8.50. The van der Waals surface area contributed by atoms with Crippen molar-refractivity contribution in [3.8, 4) is 11.4 Å². The number of aryl methyl sites for hydroxylation is 1. The SMILES string of the molecule is CCOC(=O)CCCc1nc(C[C@H]2O[C@H](c3cccc(OC)c3C)c3cc(Cl)ccc3-n3c2nnc3C(F)(F)F)no1. The van der Waals surface area contributed by atoms with Crippen molar-refractivity contribution in [1.82, 2.24) is 24.9 Å². The molecule has 0 fully saturated rings. The van der Waals surface area contributed by atoms with Crippen LogP contribution in [0.1, 0.15) is 72.0 Å². The van der Waals surface area contributed by atoms with Crippen molar-refractivity contribution in [2.75, 3.05) is 13.7 Å². The van der Waals surface area contributed by atoms with Gasteiger partial charge in [0, 0.05) is 29.8 Å². The molecule has 1 aliphatic rings. The van der Waals surface area contributed by atoms with Gasteiger partial charge in [0.2, 0.25) is 11.7 Å². The Morgan fingerprint density at radius 3 is 2.71 bits per heavy atom. The Balaban J connectivity index is 1.56. The highest BCUT2D eigenvalue weighted by atomic mass is 35.5. The van der Waals surface area contributed by atoms with E-state index in [1.165, 1.54) is 19.2 Å². The van der Waals surface area contributed by atoms with Crippen LogP contribution in [0.15, 0.2) is 40.9 Å². The molecule has 2 atom stereocenters. The van der Waals surface area contributed by atoms with Crippen molar-refractivity contribution in [2.45, 2.75) is 57.9 Å². The topological polar surface area (TPSA) is 114 Å². The Morgan fingerprint density at radius 2 is 1.98 bits per heavy atom. The Morgan fingerprint density at radius 1 is 1.17 bits per heavy atom. The number of esters is 1. The van der Waals surface area contributed by atoms with Gasteiger partial charge in [0.25, 0.3) is 0 Å². The average Bonchev–Trinajstić information content (AvgIpc) is 3.56. The molecular weight excluding hydrogens is 579 g/mol. The summed E-state index contributed by atoms with van der Waals surface area (Å²) < 4.78 is 65.9. The number of carbonyl (C=O) groups is 1. The number of alkyl halides is 3. The first-order valence-electron chi connectivity index (χ1n) is 13.2. The predicted molar refractivity (Wildman–Crippen MR) is 142 cm³/mol. The van der Waals surface area contributed by atoms with Gasteiger partial charge in [-0.25, -0.2) is 0 Å². The minimum Gasteiger partial charge on any atom is -0.496 e. The first-order valence-corrected chi connectivity index (χ1v) is 13.6. The molecule has 1 aliphatic heterocycles. The van der Waals surface area contributed by atoms with Gasteiger partial charge >= 0.3 is 12.1 Å². The minimum atomic E-state index is -4.81. The van der Waals surface area contributed by atoms with E-state index in [1.807, 2.05) is 13.0 Å². The summed E-state index contributed by atoms with van der Waals surface area (Å²) in [4.78, 5) is 16.0. The predicted octanol–water partition coefficient (Wildman–Crippen LogP) is 5.93. The van der Waals surface area contributed by atoms with Crippen LogP contribution in [0.25, 0.3) is 5.69 Å². The average molecular weight is 606 g/mol. The number of fused-ring (bicyclic) bond motifs is 3. The maximum absolute atomic E-state index is 14.2. The molecular formula is C28H27ClF3N5O5. The smallest absolute Gasteiger partial charge is 0.452 e. The van der Waals surface area contributed by atoms with E-state index < -0.39 is 24.2 Å². The van der Waals surface area contributed by atoms with Crippen LogP contribution in [0, 0.1) is 6.92 Å². The number of carbonyl (C=O) groups excluding carboxylic acids is 1. The van der Waals surface area contributed by atoms with Crippen LogP contribution in [0.3, 0.4) is 0 Å². The van der Waals surface area contributed by atoms with Gasteiger partial charge in [0.05, 0.1) is 19.4 Å². The highest BCUT2D eigenvalue weighted by Gasteiger charge is 2.43. The summed E-state index contributed by atoms with van der Waals surface area (Å²) >= 11 is 6.36. The molecule has 2 aromatic heterocycles. The van der Waals surface area contributed by atoms with Crippen molar-refractivity contribution < 1.29 is 36.7 Å². The third kappa shape index (κ3) is 5.97. The molecule has 14 heteroatoms. The van der Waals surface area contributed by atoms with E-state index in [1.54, 1.807) is 25.1 Å². The summed E-state index contributed by atoms with van der Waals surface area (Å²) in [6, 6.07) is 9.94. The summed E-state index contributed by atoms with van der Waals surface area (Å²) in [6.07, 6.45) is -5.88. The van der Waals surface area contributed by atoms with Crippen molar-refractivity contribution in [1.29, 1.82) is 0 Å². The van der Waals surface area contributed by atoms with Gasteiger partial charge in [0.15, 0.2) is 11.6 Å². The highest BCUT2D eigenvalue weighted by Crippen LogP contribution is 2.45. The number of aromatic nitrogens is 5. The summed E-state index contributed by atoms with van der Waals surface area (Å²) in [5, 5.41) is 11.7. The number of ether oxygens (including phenoxy) is 3. The Bertz CT molecular complexity index is 1590. The van der Waals surface area contributed by atoms with E-state index in [0.29, 0.717) is 34.7 Å². The molecule has 0 amide bonds. The monoisotopic (exact) mass is 605 g/mol. The Hall–Kier alpha value is -3.97. The zero-order chi connectivity index (χ0) is 30.0. The van der Waals surface area contributed by atoms with Gasteiger partial charge in [-0.3, -0.25) is 9.36 Å². The number of methoxy groups -OCH3 is 1. The largest absolute Gasteiger partial charge is 0.496 e. The lowest BCUT2D eigenvalue weighted by Crippen LogP contribution is -2.17. The van der Waals surface area contributed by atoms with Crippen LogP contribution in [0.4, 0.5) is 13.2 Å². The fraction of sp³-hybridized carbons (Fsp3) is 0.393. The molecule has 42 heavy (non-hydrogen) atoms. The highest BCUT2D eigenvalue weighted by molar-refractivity contribution is 6.30. The Labute approximate surface area is 243 Å². The number of nitrogens with zero attached hydrogens (tertiary/aromatic N) is 5. The molecule has 0 saturated heterocycles. The molecule has 0 unspecified atom stereocenters. The maximum atomic E-state index is 14.2. The lowest BCUT2D eigenvalue weighted by atomic mass is 9.95. The van der Waals surface area contributed by atoms with Gasteiger partial charge in [-0.15, -0.1) is 10.2 Å². The van der Waals surface area contributed by atoms with Crippen LogP contribution >= 0.6 is 11.6 Å². The third-order valence-electron chi connectivity index (χ3n) is 6.83. The normalized spacial score (nSPS) is 16.5. The summed E-state index contributed by atoms with van der Waals surface area (Å²) in [6.45, 7) is 3.85. The zero-order valence-corrected chi connectivity index (χ0v) is 23.7.